The highest BCUT2D eigenvalue weighted by Gasteiger charge is 2.16. The predicted molar refractivity (Wildman–Crippen MR) is 35.4 cm³/mol. The molecule has 0 amide bonds. The minimum atomic E-state index is -4.00. The van der Waals surface area contributed by atoms with Gasteiger partial charge in [-0.2, -0.15) is 13.2 Å². The number of alkyl halides is 9. The first-order valence-corrected chi connectivity index (χ1v) is 3.29. The van der Waals surface area contributed by atoms with Crippen LogP contribution < -0.4 is 0 Å². The van der Waals surface area contributed by atoms with Crippen LogP contribution in [-0.2, 0) is 0 Å². The Balaban J connectivity index is -0.000000147. The first kappa shape index (κ1) is 19.9. The molecule has 0 bridgehead atoms. The van der Waals surface area contributed by atoms with E-state index in [4.69, 9.17) is 0 Å². The highest BCUT2D eigenvalue weighted by Crippen LogP contribution is 2.10. The molecule has 0 aliphatic carbocycles. The van der Waals surface area contributed by atoms with Crippen molar-refractivity contribution in [1.82, 2.24) is 0 Å². The summed E-state index contributed by atoms with van der Waals surface area (Å²) in [7, 11) is 0. The van der Waals surface area contributed by atoms with Gasteiger partial charge in [0.2, 0.25) is 6.43 Å². The Kier molecular flexibility index (Phi) is 13.1. The minimum absolute atomic E-state index is 0.188. The van der Waals surface area contributed by atoms with Gasteiger partial charge in [0.15, 0.2) is 0 Å². The highest BCUT2D eigenvalue weighted by atomic mass is 19.4. The fourth-order valence-corrected chi connectivity index (χ4v) is 0. The summed E-state index contributed by atoms with van der Waals surface area (Å²) in [6.07, 6.45) is -13.1. The van der Waals surface area contributed by atoms with Crippen LogP contribution in [0.1, 0.15) is 13.8 Å². The van der Waals surface area contributed by atoms with E-state index in [0.29, 0.717) is 0 Å². The van der Waals surface area contributed by atoms with Gasteiger partial charge < -0.3 is 0 Å². The van der Waals surface area contributed by atoms with Gasteiger partial charge in [-0.05, 0) is 6.92 Å². The maximum atomic E-state index is 10.4. The first-order valence-electron chi connectivity index (χ1n) is 3.29. The normalized spacial score (nSPS) is 10.8. The van der Waals surface area contributed by atoms with Gasteiger partial charge in [-0.3, -0.25) is 0 Å². The summed E-state index contributed by atoms with van der Waals surface area (Å²) in [6.45, 7) is 1.02. The molecule has 0 aromatic heterocycles. The lowest BCUT2D eigenvalue weighted by Gasteiger charge is -1.89. The maximum absolute atomic E-state index is 10.4. The molecule has 0 nitrogen and oxygen atoms in total. The molecule has 0 heterocycles. The molecule has 0 aromatic rings. The summed E-state index contributed by atoms with van der Waals surface area (Å²) in [5.74, 6) is 0. The Morgan fingerprint density at radius 2 is 0.800 bits per heavy atom. The van der Waals surface area contributed by atoms with Gasteiger partial charge >= 0.3 is 6.18 Å². The Morgan fingerprint density at radius 3 is 0.800 bits per heavy atom. The second-order valence-corrected chi connectivity index (χ2v) is 1.97. The molecule has 0 aliphatic heterocycles. The minimum Gasteiger partial charge on any atom is -0.211 e. The zero-order valence-corrected chi connectivity index (χ0v) is 7.63. The molecule has 15 heavy (non-hydrogen) atoms. The second kappa shape index (κ2) is 9.91. The third-order valence-electron chi connectivity index (χ3n) is 0.190. The lowest BCUT2D eigenvalue weighted by molar-refractivity contribution is -0.110. The molecule has 0 unspecified atom stereocenters. The van der Waals surface area contributed by atoms with Crippen molar-refractivity contribution >= 4 is 0 Å². The van der Waals surface area contributed by atoms with E-state index in [1.807, 2.05) is 0 Å². The lowest BCUT2D eigenvalue weighted by Crippen LogP contribution is -2.02. The van der Waals surface area contributed by atoms with Crippen LogP contribution in [0.3, 0.4) is 0 Å². The number of halogens is 9. The highest BCUT2D eigenvalue weighted by molar-refractivity contribution is 4.35. The Hall–Kier alpha value is -0.630. The molecule has 0 radical (unpaired) electrons. The molecule has 0 rings (SSSR count). The van der Waals surface area contributed by atoms with Crippen molar-refractivity contribution in [1.29, 1.82) is 0 Å². The van der Waals surface area contributed by atoms with Crippen LogP contribution in [0.2, 0.25) is 0 Å². The van der Waals surface area contributed by atoms with Crippen LogP contribution in [0.25, 0.3) is 0 Å². The molecule has 96 valence electrons. The molecule has 0 fully saturated rings. The van der Waals surface area contributed by atoms with E-state index in [1.165, 1.54) is 0 Å². The van der Waals surface area contributed by atoms with Crippen LogP contribution in [0.5, 0.6) is 0 Å². The Morgan fingerprint density at radius 1 is 0.733 bits per heavy atom. The average molecular weight is 252 g/mol. The third-order valence-corrected chi connectivity index (χ3v) is 0.190. The summed E-state index contributed by atoms with van der Waals surface area (Å²) in [6, 6.07) is 0. The van der Waals surface area contributed by atoms with E-state index in [2.05, 4.69) is 0 Å². The van der Waals surface area contributed by atoms with Gasteiger partial charge in [-0.15, -0.1) is 0 Å². The van der Waals surface area contributed by atoms with Crippen molar-refractivity contribution in [3.63, 3.8) is 0 Å². The van der Waals surface area contributed by atoms with Crippen molar-refractivity contribution in [2.24, 2.45) is 0 Å². The van der Waals surface area contributed by atoms with Crippen molar-refractivity contribution in [3.8, 4) is 0 Å². The van der Waals surface area contributed by atoms with Gasteiger partial charge in [0.1, 0.15) is 0 Å². The number of rotatable bonds is 1. The zero-order valence-electron chi connectivity index (χ0n) is 7.63. The standard InChI is InChI=1S/C2H2F4.C2H3F3.C2H4F2/c3-1(4)2(5)6;1-2(3,4)5;1-2(3)4/h1-2H;1H3;2H,1H3. The average Bonchev–Trinajstić information content (AvgIpc) is 1.80. The summed E-state index contributed by atoms with van der Waals surface area (Å²) in [4.78, 5) is 0. The molecular formula is C6H9F9. The Bertz CT molecular complexity index is 102. The third kappa shape index (κ3) is 152. The molecule has 0 aliphatic rings. The summed E-state index contributed by atoms with van der Waals surface area (Å²) < 4.78 is 93.4. The molecule has 0 saturated carbocycles. The largest absolute Gasteiger partial charge is 0.386 e. The molecule has 9 heteroatoms. The Labute approximate surface area is 80.1 Å². The summed E-state index contributed by atoms with van der Waals surface area (Å²) in [5.41, 5.74) is 0. The van der Waals surface area contributed by atoms with E-state index in [-0.39, 0.29) is 6.92 Å². The fraction of sp³-hybridized carbons (Fsp3) is 1.00. The van der Waals surface area contributed by atoms with Crippen LogP contribution in [-0.4, -0.2) is 25.5 Å². The van der Waals surface area contributed by atoms with Crippen LogP contribution in [0.15, 0.2) is 0 Å². The summed E-state index contributed by atoms with van der Waals surface area (Å²) in [5, 5.41) is 0. The second-order valence-electron chi connectivity index (χ2n) is 1.97. The van der Waals surface area contributed by atoms with Crippen molar-refractivity contribution in [2.75, 3.05) is 0 Å². The lowest BCUT2D eigenvalue weighted by atomic mass is 10.8. The van der Waals surface area contributed by atoms with E-state index >= 15 is 0 Å². The van der Waals surface area contributed by atoms with E-state index in [0.717, 1.165) is 6.92 Å². The predicted octanol–water partition coefficient (Wildman–Crippen LogP) is 4.36. The van der Waals surface area contributed by atoms with Crippen LogP contribution in [0.4, 0.5) is 39.5 Å². The summed E-state index contributed by atoms with van der Waals surface area (Å²) >= 11 is 0. The van der Waals surface area contributed by atoms with E-state index in [9.17, 15) is 39.5 Å². The number of hydrogen-bond acceptors (Lipinski definition) is 0. The van der Waals surface area contributed by atoms with Gasteiger partial charge in [0.05, 0.1) is 0 Å². The number of hydrogen-bond donors (Lipinski definition) is 0. The van der Waals surface area contributed by atoms with E-state index in [1.54, 1.807) is 0 Å². The van der Waals surface area contributed by atoms with Crippen LogP contribution >= 0.6 is 0 Å². The van der Waals surface area contributed by atoms with Gasteiger partial charge in [0.25, 0.3) is 12.9 Å². The quantitative estimate of drug-likeness (QED) is 0.608. The van der Waals surface area contributed by atoms with Crippen molar-refractivity contribution in [2.45, 2.75) is 39.3 Å². The first-order chi connectivity index (χ1) is 6.37. The zero-order chi connectivity index (χ0) is 13.2. The monoisotopic (exact) mass is 252 g/mol. The smallest absolute Gasteiger partial charge is 0.211 e. The molecule has 0 N–H and O–H groups in total. The molecular weight excluding hydrogens is 243 g/mol. The SMILES string of the molecule is CC(F)(F)F.CC(F)F.FC(F)C(F)F. The fourth-order valence-electron chi connectivity index (χ4n) is 0. The van der Waals surface area contributed by atoms with Crippen LogP contribution in [0, 0.1) is 0 Å². The van der Waals surface area contributed by atoms with Crippen molar-refractivity contribution in [3.05, 3.63) is 0 Å². The molecule has 0 atom stereocenters. The van der Waals surface area contributed by atoms with Gasteiger partial charge in [-0.1, -0.05) is 0 Å². The molecule has 0 saturated heterocycles. The topological polar surface area (TPSA) is 0 Å². The van der Waals surface area contributed by atoms with E-state index < -0.39 is 25.5 Å². The molecule has 0 spiro atoms. The van der Waals surface area contributed by atoms with Gasteiger partial charge in [0, 0.05) is 6.92 Å². The van der Waals surface area contributed by atoms with Crippen molar-refractivity contribution < 1.29 is 39.5 Å². The maximum Gasteiger partial charge on any atom is 0.386 e. The van der Waals surface area contributed by atoms with Gasteiger partial charge in [-0.25, -0.2) is 26.3 Å². The molecule has 0 aromatic carbocycles.